The second-order valence-electron chi connectivity index (χ2n) is 5.40. The number of thiazole rings is 1. The number of benzene rings is 1. The first kappa shape index (κ1) is 19.8. The van der Waals surface area contributed by atoms with Crippen molar-refractivity contribution in [2.75, 3.05) is 13.6 Å². The van der Waals surface area contributed by atoms with Crippen molar-refractivity contribution in [3.8, 4) is 11.8 Å². The zero-order valence-electron chi connectivity index (χ0n) is 14.7. The first-order chi connectivity index (χ1) is 12.3. The fraction of sp³-hybridized carbons (Fsp3) is 0.333. The molecule has 4 nitrogen and oxygen atoms in total. The number of aromatic nitrogens is 1. The van der Waals surface area contributed by atoms with E-state index in [2.05, 4.69) is 32.5 Å². The zero-order chi connectivity index (χ0) is 19.2. The summed E-state index contributed by atoms with van der Waals surface area (Å²) in [5.74, 6) is 6.28. The highest BCUT2D eigenvalue weighted by Crippen LogP contribution is 2.28. The molecule has 0 saturated heterocycles. The molecule has 0 unspecified atom stereocenters. The maximum Gasteiger partial charge on any atom is 0.416 e. The summed E-state index contributed by atoms with van der Waals surface area (Å²) in [6, 6.07) is 4.77. The average Bonchev–Trinajstić information content (AvgIpc) is 2.91. The molecule has 1 aromatic heterocycles. The minimum Gasteiger partial charge on any atom is -0.351 e. The van der Waals surface area contributed by atoms with Crippen molar-refractivity contribution in [3.63, 3.8) is 0 Å². The number of nitrogens with one attached hydrogen (secondary N) is 2. The summed E-state index contributed by atoms with van der Waals surface area (Å²) in [5, 5.41) is 7.24. The largest absolute Gasteiger partial charge is 0.416 e. The highest BCUT2D eigenvalue weighted by atomic mass is 32.1. The van der Waals surface area contributed by atoms with Crippen LogP contribution in [0.4, 0.5) is 13.2 Å². The molecule has 0 radical (unpaired) electrons. The Morgan fingerprint density at radius 3 is 2.42 bits per heavy atom. The van der Waals surface area contributed by atoms with Crippen molar-refractivity contribution < 1.29 is 13.2 Å². The van der Waals surface area contributed by atoms with Crippen molar-refractivity contribution >= 4 is 17.3 Å². The maximum atomic E-state index is 12.5. The molecule has 0 saturated carbocycles. The lowest BCUT2D eigenvalue weighted by atomic mass is 10.1. The number of aryl methyl sites for hydroxylation is 2. The topological polar surface area (TPSA) is 49.3 Å². The molecule has 0 atom stereocenters. The van der Waals surface area contributed by atoms with Crippen LogP contribution in [0.15, 0.2) is 29.3 Å². The Hall–Kier alpha value is -2.53. The van der Waals surface area contributed by atoms with Gasteiger partial charge in [-0.25, -0.2) is 4.98 Å². The number of nitrogens with zero attached hydrogens (tertiary/aromatic N) is 2. The third-order valence-corrected chi connectivity index (χ3v) is 4.50. The minimum absolute atomic E-state index is 0.321. The van der Waals surface area contributed by atoms with E-state index in [1.165, 1.54) is 12.1 Å². The SMILES string of the molecule is CN=C(NCC#Cc1ccc(C(F)(F)F)cc1)NCc1sc(C)nc1C. The Bertz CT molecular complexity index is 827. The van der Waals surface area contributed by atoms with Gasteiger partial charge >= 0.3 is 6.18 Å². The summed E-state index contributed by atoms with van der Waals surface area (Å²) in [6.45, 7) is 4.86. The Balaban J connectivity index is 1.84. The van der Waals surface area contributed by atoms with E-state index in [1.54, 1.807) is 18.4 Å². The minimum atomic E-state index is -4.33. The highest BCUT2D eigenvalue weighted by Gasteiger charge is 2.29. The molecule has 0 amide bonds. The molecule has 0 aliphatic rings. The fourth-order valence-corrected chi connectivity index (χ4v) is 3.02. The predicted octanol–water partition coefficient (Wildman–Crippen LogP) is 3.50. The van der Waals surface area contributed by atoms with Crippen LogP contribution >= 0.6 is 11.3 Å². The van der Waals surface area contributed by atoms with Crippen LogP contribution in [0.25, 0.3) is 0 Å². The molecule has 0 fully saturated rings. The molecule has 2 N–H and O–H groups in total. The van der Waals surface area contributed by atoms with Crippen molar-refractivity contribution in [2.24, 2.45) is 4.99 Å². The van der Waals surface area contributed by atoms with Gasteiger partial charge in [-0.2, -0.15) is 13.2 Å². The summed E-state index contributed by atoms with van der Waals surface area (Å²) in [4.78, 5) is 9.62. The van der Waals surface area contributed by atoms with Crippen molar-refractivity contribution in [1.82, 2.24) is 15.6 Å². The van der Waals surface area contributed by atoms with E-state index in [1.807, 2.05) is 13.8 Å². The smallest absolute Gasteiger partial charge is 0.351 e. The molecule has 2 rings (SSSR count). The van der Waals surface area contributed by atoms with Crippen molar-refractivity contribution in [3.05, 3.63) is 51.0 Å². The Kier molecular flexibility index (Phi) is 6.64. The van der Waals surface area contributed by atoms with Gasteiger partial charge in [0, 0.05) is 17.5 Å². The van der Waals surface area contributed by atoms with Gasteiger partial charge in [0.25, 0.3) is 0 Å². The van der Waals surface area contributed by atoms with Crippen LogP contribution < -0.4 is 10.6 Å². The third kappa shape index (κ3) is 5.77. The molecular weight excluding hydrogens is 361 g/mol. The predicted molar refractivity (Wildman–Crippen MR) is 98.1 cm³/mol. The lowest BCUT2D eigenvalue weighted by Gasteiger charge is -2.09. The lowest BCUT2D eigenvalue weighted by molar-refractivity contribution is -0.137. The van der Waals surface area contributed by atoms with Crippen molar-refractivity contribution in [2.45, 2.75) is 26.6 Å². The molecule has 0 aliphatic carbocycles. The van der Waals surface area contributed by atoms with E-state index in [4.69, 9.17) is 0 Å². The summed E-state index contributed by atoms with van der Waals surface area (Å²) in [5.41, 5.74) is 0.843. The zero-order valence-corrected chi connectivity index (χ0v) is 15.5. The summed E-state index contributed by atoms with van der Waals surface area (Å²) in [6.07, 6.45) is -4.33. The number of halogens is 3. The molecular formula is C18H19F3N4S. The van der Waals surface area contributed by atoms with Gasteiger partial charge in [-0.3, -0.25) is 4.99 Å². The third-order valence-electron chi connectivity index (χ3n) is 3.43. The number of alkyl halides is 3. The van der Waals surface area contributed by atoms with Gasteiger partial charge in [-0.1, -0.05) is 11.8 Å². The van der Waals surface area contributed by atoms with E-state index in [9.17, 15) is 13.2 Å². The van der Waals surface area contributed by atoms with Crippen LogP contribution in [-0.4, -0.2) is 24.5 Å². The van der Waals surface area contributed by atoms with Crippen LogP contribution in [0, 0.1) is 25.7 Å². The van der Waals surface area contributed by atoms with Crippen LogP contribution in [0.3, 0.4) is 0 Å². The molecule has 1 aromatic carbocycles. The number of hydrogen-bond acceptors (Lipinski definition) is 3. The van der Waals surface area contributed by atoms with Gasteiger partial charge in [0.05, 0.1) is 29.4 Å². The summed E-state index contributed by atoms with van der Waals surface area (Å²) in [7, 11) is 1.66. The van der Waals surface area contributed by atoms with Gasteiger partial charge in [-0.15, -0.1) is 11.3 Å². The van der Waals surface area contributed by atoms with E-state index < -0.39 is 11.7 Å². The first-order valence-electron chi connectivity index (χ1n) is 7.83. The van der Waals surface area contributed by atoms with E-state index >= 15 is 0 Å². The monoisotopic (exact) mass is 380 g/mol. The standard InChI is InChI=1S/C18H19F3N4S/c1-12-16(26-13(2)25-12)11-24-17(22-3)23-10-4-5-14-6-8-15(9-7-14)18(19,20)21/h6-9H,10-11H2,1-3H3,(H2,22,23,24). The van der Waals surface area contributed by atoms with Crippen LogP contribution in [0.2, 0.25) is 0 Å². The Labute approximate surface area is 154 Å². The summed E-state index contributed by atoms with van der Waals surface area (Å²) < 4.78 is 37.5. The molecule has 0 aliphatic heterocycles. The molecule has 1 heterocycles. The molecule has 26 heavy (non-hydrogen) atoms. The molecule has 138 valence electrons. The fourth-order valence-electron chi connectivity index (χ4n) is 2.14. The van der Waals surface area contributed by atoms with Gasteiger partial charge in [0.15, 0.2) is 5.96 Å². The van der Waals surface area contributed by atoms with E-state index in [0.717, 1.165) is 27.7 Å². The van der Waals surface area contributed by atoms with Gasteiger partial charge in [-0.05, 0) is 38.1 Å². The molecule has 0 spiro atoms. The molecule has 0 bridgehead atoms. The molecule has 2 aromatic rings. The van der Waals surface area contributed by atoms with Crippen LogP contribution in [-0.2, 0) is 12.7 Å². The lowest BCUT2D eigenvalue weighted by Crippen LogP contribution is -2.36. The van der Waals surface area contributed by atoms with E-state index in [0.29, 0.717) is 24.6 Å². The van der Waals surface area contributed by atoms with Gasteiger partial charge < -0.3 is 10.6 Å². The Morgan fingerprint density at radius 2 is 1.88 bits per heavy atom. The average molecular weight is 380 g/mol. The molecule has 8 heteroatoms. The van der Waals surface area contributed by atoms with Gasteiger partial charge in [0.1, 0.15) is 0 Å². The maximum absolute atomic E-state index is 12.5. The van der Waals surface area contributed by atoms with Gasteiger partial charge in [0.2, 0.25) is 0 Å². The van der Waals surface area contributed by atoms with Crippen LogP contribution in [0.1, 0.15) is 26.7 Å². The number of rotatable bonds is 3. The Morgan fingerprint density at radius 1 is 1.19 bits per heavy atom. The first-order valence-corrected chi connectivity index (χ1v) is 8.65. The second kappa shape index (κ2) is 8.72. The highest BCUT2D eigenvalue weighted by molar-refractivity contribution is 7.11. The second-order valence-corrected chi connectivity index (χ2v) is 6.69. The number of hydrogen-bond donors (Lipinski definition) is 2. The number of aliphatic imine (C=N–C) groups is 1. The van der Waals surface area contributed by atoms with E-state index in [-0.39, 0.29) is 0 Å². The van der Waals surface area contributed by atoms with Crippen molar-refractivity contribution in [1.29, 1.82) is 0 Å². The summed E-state index contributed by atoms with van der Waals surface area (Å²) >= 11 is 1.63. The normalized spacial score (nSPS) is 11.7. The number of guanidine groups is 1. The quantitative estimate of drug-likeness (QED) is 0.487. The van der Waals surface area contributed by atoms with Crippen LogP contribution in [0.5, 0.6) is 0 Å².